The van der Waals surface area contributed by atoms with Crippen molar-refractivity contribution >= 4 is 5.91 Å². The summed E-state index contributed by atoms with van der Waals surface area (Å²) >= 11 is 0. The average Bonchev–Trinajstić information content (AvgIpc) is 3.07. The number of aryl methyl sites for hydroxylation is 2. The van der Waals surface area contributed by atoms with Gasteiger partial charge in [-0.15, -0.1) is 0 Å². The summed E-state index contributed by atoms with van der Waals surface area (Å²) in [7, 11) is 0. The lowest BCUT2D eigenvalue weighted by Crippen LogP contribution is -2.44. The lowest BCUT2D eigenvalue weighted by Gasteiger charge is -2.36. The van der Waals surface area contributed by atoms with Gasteiger partial charge in [0.15, 0.2) is 0 Å². The third kappa shape index (κ3) is 5.16. The monoisotopic (exact) mass is 370 g/mol. The smallest absolute Gasteiger partial charge is 0.272 e. The second kappa shape index (κ2) is 9.65. The fourth-order valence-electron chi connectivity index (χ4n) is 3.76. The number of aromatic nitrogens is 3. The van der Waals surface area contributed by atoms with Crippen molar-refractivity contribution in [3.63, 3.8) is 0 Å². The molecule has 0 aliphatic carbocycles. The fraction of sp³-hybridized carbons (Fsp3) is 0.571. The molecule has 1 amide bonds. The molecular weight excluding hydrogens is 340 g/mol. The zero-order valence-corrected chi connectivity index (χ0v) is 16.4. The van der Waals surface area contributed by atoms with Crippen LogP contribution in [0.3, 0.4) is 0 Å². The van der Waals surface area contributed by atoms with Crippen LogP contribution < -0.4 is 0 Å². The maximum atomic E-state index is 13.3. The molecule has 2 aromatic rings. The van der Waals surface area contributed by atoms with Crippen LogP contribution in [0.1, 0.15) is 54.5 Å². The molecule has 1 atom stereocenters. The molecule has 1 saturated heterocycles. The molecule has 146 valence electrons. The van der Waals surface area contributed by atoms with Crippen LogP contribution in [-0.2, 0) is 17.7 Å². The summed E-state index contributed by atoms with van der Waals surface area (Å²) in [6, 6.07) is 8.18. The summed E-state index contributed by atoms with van der Waals surface area (Å²) < 4.78 is 7.25. The van der Waals surface area contributed by atoms with Crippen molar-refractivity contribution in [3.8, 4) is 0 Å². The predicted octanol–water partition coefficient (Wildman–Crippen LogP) is 3.25. The van der Waals surface area contributed by atoms with E-state index in [1.165, 1.54) is 6.42 Å². The maximum absolute atomic E-state index is 13.3. The van der Waals surface area contributed by atoms with Crippen LogP contribution in [-0.4, -0.2) is 51.4 Å². The van der Waals surface area contributed by atoms with Crippen LogP contribution in [0.5, 0.6) is 0 Å². The number of carbonyl (C=O) groups excluding carboxylic acids is 1. The standard InChI is InChI=1S/C21H30N4O2/c1-3-27-15-14-25-20(16-17(2)23-25)21(26)24-13-7-5-9-19(24)11-10-18-8-4-6-12-22-18/h4,6,8,12,16,19H,3,5,7,9-11,13-15H2,1-2H3/t19-/m0/s1. The van der Waals surface area contributed by atoms with Crippen molar-refractivity contribution in [2.24, 2.45) is 0 Å². The van der Waals surface area contributed by atoms with Crippen LogP contribution in [0.4, 0.5) is 0 Å². The van der Waals surface area contributed by atoms with E-state index in [0.717, 1.165) is 43.6 Å². The number of rotatable bonds is 8. The van der Waals surface area contributed by atoms with E-state index in [1.807, 2.05) is 38.2 Å². The first-order chi connectivity index (χ1) is 13.2. The molecule has 0 radical (unpaired) electrons. The van der Waals surface area contributed by atoms with Crippen LogP contribution >= 0.6 is 0 Å². The van der Waals surface area contributed by atoms with Gasteiger partial charge >= 0.3 is 0 Å². The number of likely N-dealkylation sites (tertiary alicyclic amines) is 1. The third-order valence-corrected chi connectivity index (χ3v) is 5.12. The number of hydrogen-bond donors (Lipinski definition) is 0. The summed E-state index contributed by atoms with van der Waals surface area (Å²) in [5.41, 5.74) is 2.64. The molecule has 0 unspecified atom stereocenters. The van der Waals surface area contributed by atoms with Gasteiger partial charge in [-0.25, -0.2) is 0 Å². The van der Waals surface area contributed by atoms with Gasteiger partial charge in [-0.2, -0.15) is 5.10 Å². The summed E-state index contributed by atoms with van der Waals surface area (Å²) in [5, 5.41) is 4.50. The minimum absolute atomic E-state index is 0.0952. The zero-order chi connectivity index (χ0) is 19.1. The molecule has 0 bridgehead atoms. The highest BCUT2D eigenvalue weighted by molar-refractivity contribution is 5.93. The quantitative estimate of drug-likeness (QED) is 0.669. The van der Waals surface area contributed by atoms with E-state index < -0.39 is 0 Å². The molecule has 0 aromatic carbocycles. The molecular formula is C21H30N4O2. The summed E-state index contributed by atoms with van der Waals surface area (Å²) in [5.74, 6) is 0.0952. The SMILES string of the molecule is CCOCCn1nc(C)cc1C(=O)N1CCCC[C@H]1CCc1ccccn1. The topological polar surface area (TPSA) is 60.3 Å². The Morgan fingerprint density at radius 1 is 1.33 bits per heavy atom. The number of piperidine rings is 1. The Hall–Kier alpha value is -2.21. The minimum Gasteiger partial charge on any atom is -0.380 e. The van der Waals surface area contributed by atoms with E-state index in [9.17, 15) is 4.79 Å². The van der Waals surface area contributed by atoms with E-state index >= 15 is 0 Å². The van der Waals surface area contributed by atoms with Gasteiger partial charge in [-0.1, -0.05) is 6.07 Å². The number of hydrogen-bond acceptors (Lipinski definition) is 4. The molecule has 3 rings (SSSR count). The molecule has 0 spiro atoms. The maximum Gasteiger partial charge on any atom is 0.272 e. The molecule has 1 aliphatic rings. The van der Waals surface area contributed by atoms with Gasteiger partial charge in [0.05, 0.1) is 18.8 Å². The number of carbonyl (C=O) groups is 1. The van der Waals surface area contributed by atoms with E-state index in [1.54, 1.807) is 4.68 Å². The van der Waals surface area contributed by atoms with Crippen molar-refractivity contribution in [1.82, 2.24) is 19.7 Å². The van der Waals surface area contributed by atoms with Gasteiger partial charge in [0.25, 0.3) is 5.91 Å². The first kappa shape index (κ1) is 19.5. The Labute approximate surface area is 161 Å². The van der Waals surface area contributed by atoms with Gasteiger partial charge in [0.1, 0.15) is 5.69 Å². The zero-order valence-electron chi connectivity index (χ0n) is 16.4. The van der Waals surface area contributed by atoms with Crippen LogP contribution in [0.2, 0.25) is 0 Å². The molecule has 0 saturated carbocycles. The first-order valence-electron chi connectivity index (χ1n) is 10.0. The Morgan fingerprint density at radius 3 is 3.00 bits per heavy atom. The van der Waals surface area contributed by atoms with Gasteiger partial charge in [-0.3, -0.25) is 14.5 Å². The number of amides is 1. The van der Waals surface area contributed by atoms with E-state index in [4.69, 9.17) is 4.74 Å². The molecule has 0 N–H and O–H groups in total. The lowest BCUT2D eigenvalue weighted by molar-refractivity contribution is 0.0584. The highest BCUT2D eigenvalue weighted by atomic mass is 16.5. The first-order valence-corrected chi connectivity index (χ1v) is 10.0. The molecule has 3 heterocycles. The van der Waals surface area contributed by atoms with Crippen molar-refractivity contribution in [2.45, 2.75) is 58.5 Å². The average molecular weight is 370 g/mol. The Balaban J connectivity index is 1.69. The highest BCUT2D eigenvalue weighted by Crippen LogP contribution is 2.23. The molecule has 1 fully saturated rings. The Morgan fingerprint density at radius 2 is 2.22 bits per heavy atom. The van der Waals surface area contributed by atoms with Gasteiger partial charge in [0, 0.05) is 31.1 Å². The second-order valence-electron chi connectivity index (χ2n) is 7.10. The van der Waals surface area contributed by atoms with Crippen LogP contribution in [0.15, 0.2) is 30.5 Å². The van der Waals surface area contributed by atoms with E-state index in [2.05, 4.69) is 21.0 Å². The van der Waals surface area contributed by atoms with Gasteiger partial charge in [-0.05, 0) is 64.2 Å². The van der Waals surface area contributed by atoms with Crippen molar-refractivity contribution in [1.29, 1.82) is 0 Å². The van der Waals surface area contributed by atoms with E-state index in [-0.39, 0.29) is 11.9 Å². The molecule has 27 heavy (non-hydrogen) atoms. The Bertz CT molecular complexity index is 729. The van der Waals surface area contributed by atoms with Crippen LogP contribution in [0.25, 0.3) is 0 Å². The number of nitrogens with zero attached hydrogens (tertiary/aromatic N) is 4. The van der Waals surface area contributed by atoms with Crippen molar-refractivity contribution in [3.05, 3.63) is 47.5 Å². The summed E-state index contributed by atoms with van der Waals surface area (Å²) in [6.45, 7) is 6.58. The fourth-order valence-corrected chi connectivity index (χ4v) is 3.76. The number of ether oxygens (including phenoxy) is 1. The minimum atomic E-state index is 0.0952. The third-order valence-electron chi connectivity index (χ3n) is 5.12. The highest BCUT2D eigenvalue weighted by Gasteiger charge is 2.29. The largest absolute Gasteiger partial charge is 0.380 e. The lowest BCUT2D eigenvalue weighted by atomic mass is 9.96. The van der Waals surface area contributed by atoms with Crippen LogP contribution in [0, 0.1) is 6.92 Å². The molecule has 6 heteroatoms. The molecule has 6 nitrogen and oxygen atoms in total. The van der Waals surface area contributed by atoms with E-state index in [0.29, 0.717) is 25.5 Å². The second-order valence-corrected chi connectivity index (χ2v) is 7.10. The van der Waals surface area contributed by atoms with Crippen molar-refractivity contribution < 1.29 is 9.53 Å². The van der Waals surface area contributed by atoms with Gasteiger partial charge in [0.2, 0.25) is 0 Å². The van der Waals surface area contributed by atoms with Crippen molar-refractivity contribution in [2.75, 3.05) is 19.8 Å². The predicted molar refractivity (Wildman–Crippen MR) is 105 cm³/mol. The Kier molecular flexibility index (Phi) is 6.98. The molecule has 2 aromatic heterocycles. The number of pyridine rings is 1. The summed E-state index contributed by atoms with van der Waals surface area (Å²) in [4.78, 5) is 19.8. The summed E-state index contributed by atoms with van der Waals surface area (Å²) in [6.07, 6.45) is 6.99. The normalized spacial score (nSPS) is 17.3. The van der Waals surface area contributed by atoms with Gasteiger partial charge < -0.3 is 9.64 Å². The molecule has 1 aliphatic heterocycles.